The number of rotatable bonds is 6. The number of nitrogens with zero attached hydrogens (tertiary/aromatic N) is 2. The van der Waals surface area contributed by atoms with Crippen molar-refractivity contribution in [2.24, 2.45) is 0 Å². The van der Waals surface area contributed by atoms with Crippen LogP contribution in [0.2, 0.25) is 0 Å². The van der Waals surface area contributed by atoms with Crippen LogP contribution in [0.4, 0.5) is 11.4 Å². The fraction of sp³-hybridized carbons (Fsp3) is 0.0909. The highest BCUT2D eigenvalue weighted by Crippen LogP contribution is 2.25. The molecule has 4 rings (SSSR count). The van der Waals surface area contributed by atoms with E-state index in [1.165, 1.54) is 39.9 Å². The van der Waals surface area contributed by atoms with Crippen molar-refractivity contribution in [2.45, 2.75) is 11.8 Å². The molecular weight excluding hydrogens is 418 g/mol. The van der Waals surface area contributed by atoms with Gasteiger partial charge in [0, 0.05) is 17.8 Å². The third-order valence-electron chi connectivity index (χ3n) is 4.63. The Labute approximate surface area is 178 Å². The largest absolute Gasteiger partial charge is 0.322 e. The fourth-order valence-electron chi connectivity index (χ4n) is 3.13. The zero-order valence-corrected chi connectivity index (χ0v) is 17.8. The number of hydrogen-bond donors (Lipinski definition) is 1. The number of anilines is 2. The highest BCUT2D eigenvalue weighted by Gasteiger charge is 2.23. The summed E-state index contributed by atoms with van der Waals surface area (Å²) >= 11 is 1.50. The maximum absolute atomic E-state index is 13.1. The molecule has 1 N–H and O–H groups in total. The van der Waals surface area contributed by atoms with Crippen molar-refractivity contribution < 1.29 is 13.2 Å². The van der Waals surface area contributed by atoms with Crippen LogP contribution in [0.15, 0.2) is 83.2 Å². The molecule has 0 aliphatic rings. The number of para-hydroxylation sites is 1. The Hall–Kier alpha value is -3.23. The maximum Gasteiger partial charge on any atom is 0.264 e. The Morgan fingerprint density at radius 3 is 2.47 bits per heavy atom. The van der Waals surface area contributed by atoms with Crippen LogP contribution >= 0.6 is 11.3 Å². The van der Waals surface area contributed by atoms with Gasteiger partial charge in [-0.15, -0.1) is 11.3 Å². The summed E-state index contributed by atoms with van der Waals surface area (Å²) in [5.41, 5.74) is 4.27. The molecule has 0 aliphatic carbocycles. The summed E-state index contributed by atoms with van der Waals surface area (Å²) in [7, 11) is -3.73. The lowest BCUT2D eigenvalue weighted by Crippen LogP contribution is -2.30. The number of hydrogen-bond acceptors (Lipinski definition) is 5. The predicted molar refractivity (Wildman–Crippen MR) is 121 cm³/mol. The van der Waals surface area contributed by atoms with Gasteiger partial charge in [-0.2, -0.15) is 0 Å². The van der Waals surface area contributed by atoms with Gasteiger partial charge in [-0.3, -0.25) is 9.10 Å². The van der Waals surface area contributed by atoms with E-state index in [9.17, 15) is 13.2 Å². The van der Waals surface area contributed by atoms with Crippen molar-refractivity contribution in [3.63, 3.8) is 0 Å². The van der Waals surface area contributed by atoms with Crippen LogP contribution in [0.1, 0.15) is 17.3 Å². The number of sulfonamides is 1. The average molecular weight is 438 g/mol. The summed E-state index contributed by atoms with van der Waals surface area (Å²) in [6.07, 6.45) is 0. The molecule has 0 aliphatic heterocycles. The van der Waals surface area contributed by atoms with Gasteiger partial charge < -0.3 is 5.32 Å². The maximum atomic E-state index is 13.1. The Kier molecular flexibility index (Phi) is 5.52. The van der Waals surface area contributed by atoms with Crippen LogP contribution < -0.4 is 9.62 Å². The third kappa shape index (κ3) is 3.92. The lowest BCUT2D eigenvalue weighted by Gasteiger charge is -2.23. The van der Waals surface area contributed by atoms with E-state index in [4.69, 9.17) is 0 Å². The SMILES string of the molecule is CCN(c1ccccc1)S(=O)(=O)c1ccc(C(=O)Nc2ccc3ncsc3c2)cc1. The van der Waals surface area contributed by atoms with E-state index in [0.29, 0.717) is 23.5 Å². The van der Waals surface area contributed by atoms with E-state index >= 15 is 0 Å². The molecule has 3 aromatic carbocycles. The summed E-state index contributed by atoms with van der Waals surface area (Å²) < 4.78 is 28.4. The van der Waals surface area contributed by atoms with Gasteiger partial charge >= 0.3 is 0 Å². The van der Waals surface area contributed by atoms with Crippen molar-refractivity contribution >= 4 is 48.9 Å². The van der Waals surface area contributed by atoms with Crippen molar-refractivity contribution in [1.29, 1.82) is 0 Å². The Morgan fingerprint density at radius 2 is 1.77 bits per heavy atom. The van der Waals surface area contributed by atoms with Crippen molar-refractivity contribution in [2.75, 3.05) is 16.2 Å². The molecule has 0 bridgehead atoms. The van der Waals surface area contributed by atoms with Gasteiger partial charge in [0.05, 0.1) is 26.3 Å². The van der Waals surface area contributed by atoms with Gasteiger partial charge in [0.1, 0.15) is 0 Å². The number of benzene rings is 3. The summed E-state index contributed by atoms with van der Waals surface area (Å²) in [6, 6.07) is 20.4. The lowest BCUT2D eigenvalue weighted by atomic mass is 10.2. The van der Waals surface area contributed by atoms with Crippen LogP contribution in [0.3, 0.4) is 0 Å². The number of nitrogens with one attached hydrogen (secondary N) is 1. The Balaban J connectivity index is 1.54. The van der Waals surface area contributed by atoms with E-state index < -0.39 is 10.0 Å². The number of carbonyl (C=O) groups excluding carboxylic acids is 1. The summed E-state index contributed by atoms with van der Waals surface area (Å²) in [4.78, 5) is 16.9. The summed E-state index contributed by atoms with van der Waals surface area (Å²) in [5.74, 6) is -0.307. The van der Waals surface area contributed by atoms with Gasteiger partial charge in [-0.25, -0.2) is 13.4 Å². The molecule has 30 heavy (non-hydrogen) atoms. The lowest BCUT2D eigenvalue weighted by molar-refractivity contribution is 0.102. The van der Waals surface area contributed by atoms with Gasteiger partial charge in [-0.05, 0) is 61.5 Å². The van der Waals surface area contributed by atoms with E-state index in [1.807, 2.05) is 18.2 Å². The number of carbonyl (C=O) groups is 1. The molecule has 0 saturated carbocycles. The van der Waals surface area contributed by atoms with Gasteiger partial charge in [0.25, 0.3) is 15.9 Å². The minimum absolute atomic E-state index is 0.135. The minimum Gasteiger partial charge on any atom is -0.322 e. The molecule has 0 unspecified atom stereocenters. The van der Waals surface area contributed by atoms with Crippen LogP contribution in [0, 0.1) is 0 Å². The van der Waals surface area contributed by atoms with Gasteiger partial charge in [0.15, 0.2) is 0 Å². The number of amides is 1. The standard InChI is InChI=1S/C22H19N3O3S2/c1-2-25(18-6-4-3-5-7-18)30(27,28)19-11-8-16(9-12-19)22(26)24-17-10-13-20-21(14-17)29-15-23-20/h3-15H,2H2,1H3,(H,24,26). The molecular formula is C22H19N3O3S2. The molecule has 1 amide bonds. The molecule has 0 fully saturated rings. The normalized spacial score (nSPS) is 11.4. The van der Waals surface area contributed by atoms with Crippen molar-refractivity contribution in [3.05, 3.63) is 83.9 Å². The third-order valence-corrected chi connectivity index (χ3v) is 7.33. The average Bonchev–Trinajstić information content (AvgIpc) is 3.23. The van der Waals surface area contributed by atoms with E-state index in [2.05, 4.69) is 10.3 Å². The molecule has 0 spiro atoms. The summed E-state index contributed by atoms with van der Waals surface area (Å²) in [6.45, 7) is 2.08. The highest BCUT2D eigenvalue weighted by molar-refractivity contribution is 7.92. The van der Waals surface area contributed by atoms with Crippen LogP contribution in [0.5, 0.6) is 0 Å². The van der Waals surface area contributed by atoms with E-state index in [1.54, 1.807) is 42.8 Å². The van der Waals surface area contributed by atoms with Crippen LogP contribution in [0.25, 0.3) is 10.2 Å². The zero-order chi connectivity index (χ0) is 21.1. The van der Waals surface area contributed by atoms with Gasteiger partial charge in [-0.1, -0.05) is 18.2 Å². The van der Waals surface area contributed by atoms with Crippen LogP contribution in [-0.2, 0) is 10.0 Å². The molecule has 152 valence electrons. The summed E-state index contributed by atoms with van der Waals surface area (Å²) in [5, 5.41) is 2.84. The molecule has 1 heterocycles. The van der Waals surface area contributed by atoms with E-state index in [0.717, 1.165) is 10.2 Å². The van der Waals surface area contributed by atoms with E-state index in [-0.39, 0.29) is 10.8 Å². The second-order valence-electron chi connectivity index (χ2n) is 6.52. The topological polar surface area (TPSA) is 79.4 Å². The van der Waals surface area contributed by atoms with Gasteiger partial charge in [0.2, 0.25) is 0 Å². The highest BCUT2D eigenvalue weighted by atomic mass is 32.2. The number of thiazole rings is 1. The fourth-order valence-corrected chi connectivity index (χ4v) is 5.32. The minimum atomic E-state index is -3.73. The first-order valence-corrected chi connectivity index (χ1v) is 11.6. The second-order valence-corrected chi connectivity index (χ2v) is 9.27. The van der Waals surface area contributed by atoms with Crippen molar-refractivity contribution in [1.82, 2.24) is 4.98 Å². The van der Waals surface area contributed by atoms with Crippen molar-refractivity contribution in [3.8, 4) is 0 Å². The smallest absolute Gasteiger partial charge is 0.264 e. The molecule has 8 heteroatoms. The Morgan fingerprint density at radius 1 is 1.03 bits per heavy atom. The molecule has 4 aromatic rings. The van der Waals surface area contributed by atoms with Crippen LogP contribution in [-0.4, -0.2) is 25.9 Å². The quantitative estimate of drug-likeness (QED) is 0.471. The molecule has 0 atom stereocenters. The second kappa shape index (κ2) is 8.25. The predicted octanol–water partition coefficient (Wildman–Crippen LogP) is 4.76. The monoisotopic (exact) mass is 437 g/mol. The first-order valence-electron chi connectivity index (χ1n) is 9.31. The molecule has 6 nitrogen and oxygen atoms in total. The molecule has 0 radical (unpaired) electrons. The number of fused-ring (bicyclic) bond motifs is 1. The zero-order valence-electron chi connectivity index (χ0n) is 16.1. The number of aromatic nitrogens is 1. The molecule has 1 aromatic heterocycles. The molecule has 0 saturated heterocycles. The first-order chi connectivity index (χ1) is 14.5. The Bertz CT molecular complexity index is 1280. The first kappa shape index (κ1) is 20.1.